The highest BCUT2D eigenvalue weighted by Gasteiger charge is 2.56. The predicted octanol–water partition coefficient (Wildman–Crippen LogP) is 4.97. The van der Waals surface area contributed by atoms with Gasteiger partial charge in [0.1, 0.15) is 5.41 Å². The summed E-state index contributed by atoms with van der Waals surface area (Å²) in [5.41, 5.74) is 1.98. The van der Waals surface area contributed by atoms with Gasteiger partial charge in [-0.15, -0.1) is 0 Å². The molecule has 0 aliphatic heterocycles. The largest absolute Gasteiger partial charge is 0.325 e. The molecular formula is C19H18Cl2N2O2. The zero-order valence-corrected chi connectivity index (χ0v) is 15.5. The third kappa shape index (κ3) is 3.65. The van der Waals surface area contributed by atoms with Crippen LogP contribution in [0.5, 0.6) is 0 Å². The minimum Gasteiger partial charge on any atom is -0.325 e. The molecule has 4 nitrogen and oxygen atoms in total. The average molecular weight is 377 g/mol. The summed E-state index contributed by atoms with van der Waals surface area (Å²) in [4.78, 5) is 25.2. The van der Waals surface area contributed by atoms with Crippen LogP contribution >= 0.6 is 23.2 Å². The van der Waals surface area contributed by atoms with Crippen molar-refractivity contribution in [2.45, 2.75) is 26.7 Å². The molecule has 1 aliphatic rings. The molecule has 2 aromatic rings. The van der Waals surface area contributed by atoms with Gasteiger partial charge in [-0.25, -0.2) is 0 Å². The highest BCUT2D eigenvalue weighted by atomic mass is 35.5. The summed E-state index contributed by atoms with van der Waals surface area (Å²) < 4.78 is 0. The van der Waals surface area contributed by atoms with Crippen molar-refractivity contribution in [2.75, 3.05) is 10.6 Å². The second-order valence-corrected chi connectivity index (χ2v) is 7.23. The Bertz CT molecular complexity index is 793. The second-order valence-electron chi connectivity index (χ2n) is 6.42. The third-order valence-corrected chi connectivity index (χ3v) is 5.29. The van der Waals surface area contributed by atoms with E-state index in [1.165, 1.54) is 0 Å². The number of anilines is 2. The van der Waals surface area contributed by atoms with Crippen LogP contribution in [0.1, 0.15) is 24.0 Å². The van der Waals surface area contributed by atoms with Crippen molar-refractivity contribution in [3.8, 4) is 0 Å². The Hall–Kier alpha value is -2.04. The van der Waals surface area contributed by atoms with E-state index in [0.717, 1.165) is 11.1 Å². The number of amides is 2. The molecule has 0 unspecified atom stereocenters. The Morgan fingerprint density at radius 1 is 0.840 bits per heavy atom. The van der Waals surface area contributed by atoms with E-state index in [4.69, 9.17) is 23.2 Å². The molecule has 25 heavy (non-hydrogen) atoms. The van der Waals surface area contributed by atoms with Gasteiger partial charge in [-0.05, 0) is 62.1 Å². The summed E-state index contributed by atoms with van der Waals surface area (Å²) in [6.45, 7) is 3.77. The van der Waals surface area contributed by atoms with Crippen LogP contribution in [-0.4, -0.2) is 11.8 Å². The molecule has 1 fully saturated rings. The van der Waals surface area contributed by atoms with Gasteiger partial charge in [0, 0.05) is 21.4 Å². The fourth-order valence-electron chi connectivity index (χ4n) is 2.52. The van der Waals surface area contributed by atoms with Crippen molar-refractivity contribution >= 4 is 46.4 Å². The average Bonchev–Trinajstić information content (AvgIpc) is 3.36. The van der Waals surface area contributed by atoms with Crippen LogP contribution < -0.4 is 10.6 Å². The summed E-state index contributed by atoms with van der Waals surface area (Å²) in [5, 5.41) is 6.72. The lowest BCUT2D eigenvalue weighted by Crippen LogP contribution is -2.35. The van der Waals surface area contributed by atoms with Crippen LogP contribution in [0.2, 0.25) is 10.0 Å². The van der Waals surface area contributed by atoms with E-state index in [0.29, 0.717) is 34.3 Å². The van der Waals surface area contributed by atoms with Crippen LogP contribution in [0.15, 0.2) is 36.4 Å². The molecule has 1 saturated carbocycles. The third-order valence-electron chi connectivity index (χ3n) is 4.48. The van der Waals surface area contributed by atoms with Gasteiger partial charge in [-0.3, -0.25) is 9.59 Å². The molecule has 0 bridgehead atoms. The molecule has 0 spiro atoms. The van der Waals surface area contributed by atoms with E-state index in [-0.39, 0.29) is 11.8 Å². The van der Waals surface area contributed by atoms with E-state index in [1.807, 2.05) is 26.0 Å². The van der Waals surface area contributed by atoms with Crippen molar-refractivity contribution in [1.82, 2.24) is 0 Å². The van der Waals surface area contributed by atoms with Gasteiger partial charge in [0.05, 0.1) is 0 Å². The minimum absolute atomic E-state index is 0.317. The van der Waals surface area contributed by atoms with Crippen LogP contribution in [0.25, 0.3) is 0 Å². The molecule has 2 amide bonds. The topological polar surface area (TPSA) is 58.2 Å². The number of hydrogen-bond acceptors (Lipinski definition) is 2. The summed E-state index contributed by atoms with van der Waals surface area (Å²) in [6, 6.07) is 10.6. The maximum atomic E-state index is 12.6. The zero-order valence-electron chi connectivity index (χ0n) is 14.0. The van der Waals surface area contributed by atoms with Crippen molar-refractivity contribution < 1.29 is 9.59 Å². The van der Waals surface area contributed by atoms with Gasteiger partial charge < -0.3 is 10.6 Å². The lowest BCUT2D eigenvalue weighted by atomic mass is 10.0. The number of benzene rings is 2. The van der Waals surface area contributed by atoms with Gasteiger partial charge >= 0.3 is 0 Å². The van der Waals surface area contributed by atoms with Gasteiger partial charge in [0.15, 0.2) is 0 Å². The lowest BCUT2D eigenvalue weighted by molar-refractivity contribution is -0.131. The number of rotatable bonds is 4. The molecule has 2 N–H and O–H groups in total. The number of carbonyl (C=O) groups excluding carboxylic acids is 2. The lowest BCUT2D eigenvalue weighted by Gasteiger charge is -2.16. The maximum absolute atomic E-state index is 12.6. The molecule has 3 rings (SSSR count). The molecule has 0 radical (unpaired) electrons. The Morgan fingerprint density at radius 3 is 1.56 bits per heavy atom. The number of hydrogen-bond donors (Lipinski definition) is 2. The highest BCUT2D eigenvalue weighted by Crippen LogP contribution is 2.47. The number of nitrogens with one attached hydrogen (secondary N) is 2. The molecule has 1 aliphatic carbocycles. The Labute approximate surface area is 156 Å². The molecule has 0 aromatic heterocycles. The van der Waals surface area contributed by atoms with Crippen LogP contribution in [0, 0.1) is 19.3 Å². The Kier molecular flexibility index (Phi) is 4.76. The SMILES string of the molecule is Cc1ccc(NC(=O)C2(C(=O)Nc3ccc(C)c(Cl)c3)CC2)cc1Cl. The fraction of sp³-hybridized carbons (Fsp3) is 0.263. The predicted molar refractivity (Wildman–Crippen MR) is 101 cm³/mol. The quantitative estimate of drug-likeness (QED) is 0.740. The van der Waals surface area contributed by atoms with Gasteiger partial charge in [0.2, 0.25) is 11.8 Å². The van der Waals surface area contributed by atoms with Gasteiger partial charge in [-0.1, -0.05) is 35.3 Å². The summed E-state index contributed by atoms with van der Waals surface area (Å²) in [6.07, 6.45) is 1.04. The second kappa shape index (κ2) is 6.70. The van der Waals surface area contributed by atoms with E-state index in [2.05, 4.69) is 10.6 Å². The van der Waals surface area contributed by atoms with Crippen molar-refractivity contribution in [3.63, 3.8) is 0 Å². The first-order chi connectivity index (χ1) is 11.8. The molecule has 0 heterocycles. The first kappa shape index (κ1) is 17.8. The Balaban J connectivity index is 1.72. The van der Waals surface area contributed by atoms with Crippen LogP contribution in [0.3, 0.4) is 0 Å². The molecule has 2 aromatic carbocycles. The normalized spacial score (nSPS) is 14.7. The van der Waals surface area contributed by atoms with Gasteiger partial charge in [-0.2, -0.15) is 0 Å². The molecule has 130 valence electrons. The maximum Gasteiger partial charge on any atom is 0.240 e. The first-order valence-corrected chi connectivity index (χ1v) is 8.73. The summed E-state index contributed by atoms with van der Waals surface area (Å²) in [5.74, 6) is -0.633. The summed E-state index contributed by atoms with van der Waals surface area (Å²) in [7, 11) is 0. The highest BCUT2D eigenvalue weighted by molar-refractivity contribution is 6.32. The summed E-state index contributed by atoms with van der Waals surface area (Å²) >= 11 is 12.2. The number of aryl methyl sites for hydroxylation is 2. The molecule has 6 heteroatoms. The van der Waals surface area contributed by atoms with Gasteiger partial charge in [0.25, 0.3) is 0 Å². The van der Waals surface area contributed by atoms with Crippen LogP contribution in [0.4, 0.5) is 11.4 Å². The van der Waals surface area contributed by atoms with E-state index < -0.39 is 5.41 Å². The smallest absolute Gasteiger partial charge is 0.240 e. The number of carbonyl (C=O) groups is 2. The van der Waals surface area contributed by atoms with Crippen molar-refractivity contribution in [2.24, 2.45) is 5.41 Å². The monoisotopic (exact) mass is 376 g/mol. The van der Waals surface area contributed by atoms with Crippen molar-refractivity contribution in [1.29, 1.82) is 0 Å². The standard InChI is InChI=1S/C19H18Cl2N2O2/c1-11-3-5-13(9-15(11)20)22-17(24)19(7-8-19)18(25)23-14-6-4-12(2)16(21)10-14/h3-6,9-10H,7-8H2,1-2H3,(H,22,24)(H,23,25). The minimum atomic E-state index is -1.03. The zero-order chi connectivity index (χ0) is 18.2. The van der Waals surface area contributed by atoms with E-state index in [1.54, 1.807) is 24.3 Å². The molecule has 0 saturated heterocycles. The molecule has 0 atom stereocenters. The fourth-order valence-corrected chi connectivity index (χ4v) is 2.89. The van der Waals surface area contributed by atoms with Crippen molar-refractivity contribution in [3.05, 3.63) is 57.6 Å². The van der Waals surface area contributed by atoms with E-state index in [9.17, 15) is 9.59 Å². The Morgan fingerprint density at radius 2 is 1.24 bits per heavy atom. The van der Waals surface area contributed by atoms with E-state index >= 15 is 0 Å². The number of halogens is 2. The first-order valence-electron chi connectivity index (χ1n) is 7.97. The molecular weight excluding hydrogens is 359 g/mol. The van der Waals surface area contributed by atoms with Crippen LogP contribution in [-0.2, 0) is 9.59 Å².